The van der Waals surface area contributed by atoms with E-state index in [1.54, 1.807) is 7.11 Å². The van der Waals surface area contributed by atoms with Crippen LogP contribution >= 0.6 is 0 Å². The number of aryl methyl sites for hydroxylation is 1. The van der Waals surface area contributed by atoms with Crippen molar-refractivity contribution < 1.29 is 14.2 Å². The van der Waals surface area contributed by atoms with Crippen LogP contribution in [0.15, 0.2) is 30.3 Å². The standard InChI is InChI=1S/C19H22O3.C2H6/c1-12-8-17-18(22-11-21-17)10-14(12)15-9-13(19(2,3)4)6-7-16(15)20-5;1-2/h6-10H,11H2,1-5H3;1-2H3. The second kappa shape index (κ2) is 7.16. The van der Waals surface area contributed by atoms with Crippen LogP contribution in [0.4, 0.5) is 0 Å². The quantitative estimate of drug-likeness (QED) is 0.705. The molecule has 0 spiro atoms. The van der Waals surface area contributed by atoms with E-state index in [9.17, 15) is 0 Å². The van der Waals surface area contributed by atoms with Crippen molar-refractivity contribution in [1.82, 2.24) is 0 Å². The van der Waals surface area contributed by atoms with Crippen LogP contribution in [0.25, 0.3) is 11.1 Å². The van der Waals surface area contributed by atoms with Gasteiger partial charge in [0, 0.05) is 5.56 Å². The molecule has 130 valence electrons. The summed E-state index contributed by atoms with van der Waals surface area (Å²) in [5.74, 6) is 2.48. The minimum Gasteiger partial charge on any atom is -0.496 e. The van der Waals surface area contributed by atoms with Gasteiger partial charge in [0.15, 0.2) is 11.5 Å². The topological polar surface area (TPSA) is 27.7 Å². The van der Waals surface area contributed by atoms with Gasteiger partial charge in [-0.2, -0.15) is 0 Å². The Morgan fingerprint density at radius 2 is 1.54 bits per heavy atom. The molecule has 0 aromatic heterocycles. The first-order chi connectivity index (χ1) is 11.4. The Kier molecular flexibility index (Phi) is 5.43. The Labute approximate surface area is 145 Å². The van der Waals surface area contributed by atoms with Crippen molar-refractivity contribution in [2.75, 3.05) is 13.9 Å². The van der Waals surface area contributed by atoms with Crippen molar-refractivity contribution in [1.29, 1.82) is 0 Å². The molecule has 1 aliphatic heterocycles. The van der Waals surface area contributed by atoms with Crippen LogP contribution < -0.4 is 14.2 Å². The van der Waals surface area contributed by atoms with Gasteiger partial charge in [-0.3, -0.25) is 0 Å². The van der Waals surface area contributed by atoms with Gasteiger partial charge >= 0.3 is 0 Å². The fourth-order valence-electron chi connectivity index (χ4n) is 2.72. The molecule has 3 rings (SSSR count). The smallest absolute Gasteiger partial charge is 0.231 e. The van der Waals surface area contributed by atoms with Gasteiger partial charge in [0.25, 0.3) is 0 Å². The van der Waals surface area contributed by atoms with E-state index in [0.29, 0.717) is 0 Å². The number of ether oxygens (including phenoxy) is 3. The zero-order valence-electron chi connectivity index (χ0n) is 15.8. The molecule has 0 bridgehead atoms. The molecule has 0 fully saturated rings. The molecule has 1 aliphatic rings. The summed E-state index contributed by atoms with van der Waals surface area (Å²) >= 11 is 0. The predicted molar refractivity (Wildman–Crippen MR) is 99.3 cm³/mol. The minimum absolute atomic E-state index is 0.0886. The second-order valence-corrected chi connectivity index (χ2v) is 6.69. The van der Waals surface area contributed by atoms with Crippen LogP contribution in [0.1, 0.15) is 45.7 Å². The van der Waals surface area contributed by atoms with Gasteiger partial charge in [0.05, 0.1) is 7.11 Å². The highest BCUT2D eigenvalue weighted by Crippen LogP contribution is 2.42. The average Bonchev–Trinajstić information content (AvgIpc) is 3.01. The van der Waals surface area contributed by atoms with Crippen molar-refractivity contribution in [2.45, 2.75) is 47.0 Å². The number of hydrogen-bond acceptors (Lipinski definition) is 3. The highest BCUT2D eigenvalue weighted by atomic mass is 16.7. The average molecular weight is 328 g/mol. The monoisotopic (exact) mass is 328 g/mol. The van der Waals surface area contributed by atoms with Crippen molar-refractivity contribution in [3.8, 4) is 28.4 Å². The first-order valence-corrected chi connectivity index (χ1v) is 8.49. The lowest BCUT2D eigenvalue weighted by Crippen LogP contribution is -2.11. The molecule has 3 heteroatoms. The van der Waals surface area contributed by atoms with Crippen molar-refractivity contribution >= 4 is 0 Å². The predicted octanol–water partition coefficient (Wildman–Crippen LogP) is 5.72. The van der Waals surface area contributed by atoms with Crippen molar-refractivity contribution in [2.24, 2.45) is 0 Å². The van der Waals surface area contributed by atoms with Crippen LogP contribution in [-0.4, -0.2) is 13.9 Å². The van der Waals surface area contributed by atoms with Crippen molar-refractivity contribution in [3.05, 3.63) is 41.5 Å². The molecule has 0 unspecified atom stereocenters. The first-order valence-electron chi connectivity index (χ1n) is 8.49. The molecule has 3 nitrogen and oxygen atoms in total. The number of fused-ring (bicyclic) bond motifs is 1. The summed E-state index contributed by atoms with van der Waals surface area (Å²) < 4.78 is 16.5. The summed E-state index contributed by atoms with van der Waals surface area (Å²) in [4.78, 5) is 0. The fraction of sp³-hybridized carbons (Fsp3) is 0.429. The molecule has 0 N–H and O–H groups in total. The summed E-state index contributed by atoms with van der Waals surface area (Å²) in [6.45, 7) is 13.0. The molecule has 2 aromatic carbocycles. The van der Waals surface area contributed by atoms with Crippen molar-refractivity contribution in [3.63, 3.8) is 0 Å². The maximum atomic E-state index is 5.57. The Morgan fingerprint density at radius 3 is 2.12 bits per heavy atom. The number of rotatable bonds is 2. The molecular weight excluding hydrogens is 300 g/mol. The van der Waals surface area contributed by atoms with E-state index in [1.807, 2.05) is 32.0 Å². The highest BCUT2D eigenvalue weighted by molar-refractivity contribution is 5.77. The molecule has 0 amide bonds. The Bertz CT molecular complexity index is 712. The summed E-state index contributed by atoms with van der Waals surface area (Å²) in [6.07, 6.45) is 0. The molecule has 2 aromatic rings. The van der Waals surface area contributed by atoms with Gasteiger partial charge in [0.2, 0.25) is 6.79 Å². The fourth-order valence-corrected chi connectivity index (χ4v) is 2.72. The van der Waals surface area contributed by atoms with E-state index in [0.717, 1.165) is 33.9 Å². The number of hydrogen-bond donors (Lipinski definition) is 0. The van der Waals surface area contributed by atoms with Gasteiger partial charge in [0.1, 0.15) is 5.75 Å². The van der Waals surface area contributed by atoms with E-state index in [1.165, 1.54) is 5.56 Å². The summed E-state index contributed by atoms with van der Waals surface area (Å²) in [5, 5.41) is 0. The van der Waals surface area contributed by atoms with E-state index in [2.05, 4.69) is 39.8 Å². The van der Waals surface area contributed by atoms with E-state index >= 15 is 0 Å². The Hall–Kier alpha value is -2.16. The van der Waals surface area contributed by atoms with Crippen LogP contribution in [0.2, 0.25) is 0 Å². The summed E-state index contributed by atoms with van der Waals surface area (Å²) in [7, 11) is 1.71. The van der Waals surface area contributed by atoms with Gasteiger partial charge in [-0.15, -0.1) is 0 Å². The largest absolute Gasteiger partial charge is 0.496 e. The maximum absolute atomic E-state index is 5.57. The molecule has 0 saturated carbocycles. The Morgan fingerprint density at radius 1 is 0.917 bits per heavy atom. The van der Waals surface area contributed by atoms with E-state index in [4.69, 9.17) is 14.2 Å². The third kappa shape index (κ3) is 3.50. The van der Waals surface area contributed by atoms with E-state index in [-0.39, 0.29) is 12.2 Å². The highest BCUT2D eigenvalue weighted by Gasteiger charge is 2.20. The Balaban J connectivity index is 0.00000100. The van der Waals surface area contributed by atoms with Gasteiger partial charge in [-0.1, -0.05) is 40.7 Å². The number of benzene rings is 2. The van der Waals surface area contributed by atoms with Crippen LogP contribution in [0.3, 0.4) is 0 Å². The SMILES string of the molecule is CC.COc1ccc(C(C)(C)C)cc1-c1cc2c(cc1C)OCO2. The molecule has 24 heavy (non-hydrogen) atoms. The van der Waals surface area contributed by atoms with Gasteiger partial charge in [-0.05, 0) is 53.3 Å². The molecular formula is C21H28O3. The second-order valence-electron chi connectivity index (χ2n) is 6.69. The first kappa shape index (κ1) is 18.2. The van der Waals surface area contributed by atoms with Gasteiger partial charge < -0.3 is 14.2 Å². The van der Waals surface area contributed by atoms with Crippen LogP contribution in [0, 0.1) is 6.92 Å². The van der Waals surface area contributed by atoms with Crippen LogP contribution in [-0.2, 0) is 5.41 Å². The van der Waals surface area contributed by atoms with E-state index < -0.39 is 0 Å². The summed E-state index contributed by atoms with van der Waals surface area (Å²) in [5.41, 5.74) is 4.72. The lowest BCUT2D eigenvalue weighted by Gasteiger charge is -2.22. The zero-order valence-corrected chi connectivity index (χ0v) is 15.8. The third-order valence-corrected chi connectivity index (χ3v) is 4.08. The normalized spacial score (nSPS) is 12.5. The molecule has 0 atom stereocenters. The summed E-state index contributed by atoms with van der Waals surface area (Å²) in [6, 6.07) is 10.5. The molecule has 0 saturated heterocycles. The third-order valence-electron chi connectivity index (χ3n) is 4.08. The zero-order chi connectivity index (χ0) is 17.9. The molecule has 0 radical (unpaired) electrons. The lowest BCUT2D eigenvalue weighted by molar-refractivity contribution is 0.174. The maximum Gasteiger partial charge on any atom is 0.231 e. The van der Waals surface area contributed by atoms with Gasteiger partial charge in [-0.25, -0.2) is 0 Å². The molecule has 0 aliphatic carbocycles. The lowest BCUT2D eigenvalue weighted by atomic mass is 9.84. The number of methoxy groups -OCH3 is 1. The molecule has 1 heterocycles. The van der Waals surface area contributed by atoms with Crippen LogP contribution in [0.5, 0.6) is 17.2 Å². The minimum atomic E-state index is 0.0886.